The van der Waals surface area contributed by atoms with Crippen LogP contribution in [0.15, 0.2) is 370 Å². The van der Waals surface area contributed by atoms with E-state index in [0.717, 1.165) is 0 Å². The number of benzene rings is 15. The molecule has 0 saturated carbocycles. The molecule has 0 aliphatic rings. The lowest BCUT2D eigenvalue weighted by Gasteiger charge is -2.17. The van der Waals surface area contributed by atoms with Crippen LogP contribution >= 0.6 is 0 Å². The summed E-state index contributed by atoms with van der Waals surface area (Å²) in [6.45, 7) is 0. The second-order valence-electron chi connectivity index (χ2n) is 23.8. The van der Waals surface area contributed by atoms with Gasteiger partial charge in [-0.25, -0.2) is 4.79 Å². The molecule has 16 heteroatoms. The van der Waals surface area contributed by atoms with Crippen molar-refractivity contribution in [3.63, 3.8) is 0 Å². The summed E-state index contributed by atoms with van der Waals surface area (Å²) in [5.41, 5.74) is -0.185. The lowest BCUT2D eigenvalue weighted by atomic mass is 10.2. The summed E-state index contributed by atoms with van der Waals surface area (Å²) in [5.74, 6) is 9.17. The predicted octanol–water partition coefficient (Wildman–Crippen LogP) is 26.5. The Hall–Kier alpha value is -15.0. The van der Waals surface area contributed by atoms with Crippen LogP contribution < -0.4 is 66.3 Å². The van der Waals surface area contributed by atoms with Crippen molar-refractivity contribution in [2.24, 2.45) is 0 Å². The molecule has 0 fully saturated rings. The van der Waals surface area contributed by atoms with Crippen molar-refractivity contribution in [2.45, 2.75) is 0 Å². The Kier molecular flexibility index (Phi) is 20.7. The standard InChI is InChI=1S/C91H62O16/c92-91(93)62-41-71(102-81-56-87(104-83-48-73(94-63-25-9-1-10-26-63)44-74(49-83)95-64-27-11-2-12-28-64)60-88(57-81)105-84-50-75(96-65-29-13-3-14-30-65)45-76(51-84)97-66-31-15-4-16-32-66)43-72(42-62)103-82-58-89(106-85-52-77(98-67-33-17-5-18-34-67)46-78(53-85)99-68-35-19-6-20-36-68)61-90(59-82)107-86-54-79(100-69-37-21-7-22-38-69)47-80(55-86)101-70-39-23-8-24-40-70/h1-61H,(H,92,93). The molecular weight excluding hydrogens is 1350 g/mol. The quantitative estimate of drug-likeness (QED) is 0.0470. The molecule has 0 aliphatic heterocycles. The van der Waals surface area contributed by atoms with Crippen molar-refractivity contribution in [3.05, 3.63) is 376 Å². The Morgan fingerprint density at radius 1 is 0.140 bits per heavy atom. The van der Waals surface area contributed by atoms with Crippen molar-refractivity contribution in [2.75, 3.05) is 0 Å². The Morgan fingerprint density at radius 3 is 0.336 bits per heavy atom. The van der Waals surface area contributed by atoms with Crippen LogP contribution in [-0.2, 0) is 0 Å². The minimum atomic E-state index is -1.28. The number of carboxylic acid groups (broad SMARTS) is 1. The minimum Gasteiger partial charge on any atom is -0.478 e. The third kappa shape index (κ3) is 19.3. The zero-order chi connectivity index (χ0) is 72.4. The van der Waals surface area contributed by atoms with E-state index in [0.29, 0.717) is 115 Å². The van der Waals surface area contributed by atoms with Gasteiger partial charge in [0.05, 0.1) is 5.56 Å². The summed E-state index contributed by atoms with van der Waals surface area (Å²) in [6.07, 6.45) is 0. The second kappa shape index (κ2) is 32.7. The molecule has 0 aliphatic carbocycles. The average molecular weight is 1410 g/mol. The van der Waals surface area contributed by atoms with Gasteiger partial charge >= 0.3 is 5.97 Å². The Balaban J connectivity index is 0.804. The van der Waals surface area contributed by atoms with E-state index < -0.39 is 5.97 Å². The maximum Gasteiger partial charge on any atom is 0.335 e. The molecule has 1 N–H and O–H groups in total. The maximum atomic E-state index is 13.3. The molecule has 0 bridgehead atoms. The third-order valence-electron chi connectivity index (χ3n) is 15.5. The van der Waals surface area contributed by atoms with Gasteiger partial charge < -0.3 is 71.4 Å². The van der Waals surface area contributed by atoms with Gasteiger partial charge in [0.25, 0.3) is 0 Å². The zero-order valence-electron chi connectivity index (χ0n) is 56.8. The lowest BCUT2D eigenvalue weighted by Crippen LogP contribution is -1.99. The first-order chi connectivity index (χ1) is 52.6. The molecule has 0 amide bonds. The number of para-hydroxylation sites is 8. The second-order valence-corrected chi connectivity index (χ2v) is 23.8. The number of rotatable bonds is 29. The molecule has 0 atom stereocenters. The first kappa shape index (κ1) is 67.8. The summed E-state index contributed by atoms with van der Waals surface area (Å²) in [4.78, 5) is 13.3. The molecule has 522 valence electrons. The summed E-state index contributed by atoms with van der Waals surface area (Å²) < 4.78 is 91.4. The normalized spacial score (nSPS) is 10.7. The van der Waals surface area contributed by atoms with Crippen LogP contribution in [0.25, 0.3) is 0 Å². The van der Waals surface area contributed by atoms with Gasteiger partial charge in [0.1, 0.15) is 161 Å². The largest absolute Gasteiger partial charge is 0.478 e. The highest BCUT2D eigenvalue weighted by Gasteiger charge is 2.19. The highest BCUT2D eigenvalue weighted by Crippen LogP contribution is 2.45. The van der Waals surface area contributed by atoms with Crippen LogP contribution in [-0.4, -0.2) is 11.1 Å². The molecule has 15 rings (SSSR count). The SMILES string of the molecule is O=C(O)c1cc(Oc2cc(Oc3cc(Oc4ccccc4)cc(Oc4ccccc4)c3)cc(Oc3cc(Oc4ccccc4)cc(Oc4ccccc4)c3)c2)cc(Oc2cc(Oc3cc(Oc4ccccc4)cc(Oc4ccccc4)c3)cc(Oc3cc(Oc4ccccc4)cc(Oc4ccccc4)c3)c2)c1. The highest BCUT2D eigenvalue weighted by atomic mass is 16.5. The van der Waals surface area contributed by atoms with Gasteiger partial charge in [0.2, 0.25) is 0 Å². The molecule has 107 heavy (non-hydrogen) atoms. The van der Waals surface area contributed by atoms with E-state index in [1.54, 1.807) is 115 Å². The summed E-state index contributed by atoms with van der Waals surface area (Å²) >= 11 is 0. The van der Waals surface area contributed by atoms with Gasteiger partial charge in [-0.3, -0.25) is 0 Å². The first-order valence-electron chi connectivity index (χ1n) is 33.8. The van der Waals surface area contributed by atoms with Gasteiger partial charge in [0, 0.05) is 115 Å². The fourth-order valence-electron chi connectivity index (χ4n) is 11.0. The maximum absolute atomic E-state index is 13.3. The number of aromatic carboxylic acids is 1. The van der Waals surface area contributed by atoms with Gasteiger partial charge in [-0.05, 0) is 109 Å². The van der Waals surface area contributed by atoms with E-state index in [9.17, 15) is 9.90 Å². The molecule has 0 radical (unpaired) electrons. The predicted molar refractivity (Wildman–Crippen MR) is 405 cm³/mol. The molecule has 15 aromatic rings. The van der Waals surface area contributed by atoms with E-state index in [4.69, 9.17) is 66.3 Å². The average Bonchev–Trinajstić information content (AvgIpc) is 0.825. The first-order valence-corrected chi connectivity index (χ1v) is 33.8. The van der Waals surface area contributed by atoms with Gasteiger partial charge in [-0.2, -0.15) is 0 Å². The van der Waals surface area contributed by atoms with E-state index in [-0.39, 0.29) is 51.6 Å². The monoisotopic (exact) mass is 1410 g/mol. The Bertz CT molecular complexity index is 4620. The van der Waals surface area contributed by atoms with Crippen molar-refractivity contribution in [1.29, 1.82) is 0 Å². The number of carbonyl (C=O) groups is 1. The van der Waals surface area contributed by atoms with Crippen molar-refractivity contribution >= 4 is 5.97 Å². The molecule has 0 unspecified atom stereocenters. The highest BCUT2D eigenvalue weighted by molar-refractivity contribution is 5.88. The van der Waals surface area contributed by atoms with Gasteiger partial charge in [-0.15, -0.1) is 0 Å². The number of carboxylic acids is 1. The topological polar surface area (TPSA) is 167 Å². The number of hydrogen-bond acceptors (Lipinski definition) is 15. The van der Waals surface area contributed by atoms with E-state index in [2.05, 4.69) is 0 Å². The third-order valence-corrected chi connectivity index (χ3v) is 15.5. The van der Waals surface area contributed by atoms with Gasteiger partial charge in [0.15, 0.2) is 0 Å². The van der Waals surface area contributed by atoms with Crippen LogP contribution in [0.5, 0.6) is 161 Å². The molecule has 0 heterocycles. The minimum absolute atomic E-state index is 0.0443. The van der Waals surface area contributed by atoms with Crippen LogP contribution in [0, 0.1) is 0 Å². The molecular formula is C91H62O16. The van der Waals surface area contributed by atoms with E-state index in [1.807, 2.05) is 243 Å². The summed E-state index contributed by atoms with van der Waals surface area (Å²) in [7, 11) is 0. The molecule has 0 spiro atoms. The molecule has 15 aromatic carbocycles. The molecule has 16 nitrogen and oxygen atoms in total. The van der Waals surface area contributed by atoms with Crippen LogP contribution in [0.4, 0.5) is 0 Å². The number of ether oxygens (including phenoxy) is 14. The molecule has 0 saturated heterocycles. The van der Waals surface area contributed by atoms with Crippen LogP contribution in [0.2, 0.25) is 0 Å². The zero-order valence-corrected chi connectivity index (χ0v) is 56.8. The van der Waals surface area contributed by atoms with Crippen molar-refractivity contribution < 1.29 is 76.2 Å². The Morgan fingerprint density at radius 2 is 0.234 bits per heavy atom. The fourth-order valence-corrected chi connectivity index (χ4v) is 11.0. The number of hydrogen-bond donors (Lipinski definition) is 1. The summed E-state index contributed by atoms with van der Waals surface area (Å²) in [5, 5.41) is 10.8. The summed E-state index contributed by atoms with van der Waals surface area (Å²) in [6, 6.07) is 109. The van der Waals surface area contributed by atoms with E-state index >= 15 is 0 Å². The van der Waals surface area contributed by atoms with Gasteiger partial charge in [-0.1, -0.05) is 146 Å². The smallest absolute Gasteiger partial charge is 0.335 e. The fraction of sp³-hybridized carbons (Fsp3) is 0. The van der Waals surface area contributed by atoms with Crippen LogP contribution in [0.1, 0.15) is 10.4 Å². The van der Waals surface area contributed by atoms with Crippen LogP contribution in [0.3, 0.4) is 0 Å². The lowest BCUT2D eigenvalue weighted by molar-refractivity contribution is 0.0696. The van der Waals surface area contributed by atoms with Crippen molar-refractivity contribution in [3.8, 4) is 161 Å². The van der Waals surface area contributed by atoms with Crippen molar-refractivity contribution in [1.82, 2.24) is 0 Å². The van der Waals surface area contributed by atoms with E-state index in [1.165, 1.54) is 12.1 Å². The Labute approximate surface area is 615 Å². The molecule has 0 aromatic heterocycles.